The third kappa shape index (κ3) is 4.04. The number of piperazine rings is 1. The van der Waals surface area contributed by atoms with Crippen molar-refractivity contribution in [1.29, 1.82) is 0 Å². The summed E-state index contributed by atoms with van der Waals surface area (Å²) in [5.74, 6) is 0. The van der Waals surface area contributed by atoms with Crippen LogP contribution in [0.4, 0.5) is 5.69 Å². The van der Waals surface area contributed by atoms with Crippen molar-refractivity contribution in [3.05, 3.63) is 38.9 Å². The number of rotatable bonds is 3. The van der Waals surface area contributed by atoms with Gasteiger partial charge in [0.1, 0.15) is 0 Å². The van der Waals surface area contributed by atoms with Gasteiger partial charge in [0.05, 0.1) is 4.92 Å². The molecule has 0 saturated carbocycles. The van der Waals surface area contributed by atoms with Crippen LogP contribution in [0.3, 0.4) is 0 Å². The van der Waals surface area contributed by atoms with Gasteiger partial charge in [0.2, 0.25) is 0 Å². The molecule has 106 valence electrons. The molecule has 1 aromatic carbocycles. The molecule has 1 heterocycles. The van der Waals surface area contributed by atoms with Gasteiger partial charge in [-0.05, 0) is 19.1 Å². The second kappa shape index (κ2) is 7.05. The maximum absolute atomic E-state index is 11.0. The second-order valence-corrected chi connectivity index (χ2v) is 4.99. The Hall–Kier alpha value is -0.880. The monoisotopic (exact) mass is 305 g/mol. The number of nitro benzene ring substituents is 1. The molecule has 1 saturated heterocycles. The van der Waals surface area contributed by atoms with E-state index >= 15 is 0 Å². The predicted molar refractivity (Wildman–Crippen MR) is 78.1 cm³/mol. The topological polar surface area (TPSA) is 58.4 Å². The van der Waals surface area contributed by atoms with Crippen LogP contribution in [0.15, 0.2) is 18.2 Å². The van der Waals surface area contributed by atoms with Gasteiger partial charge in [-0.25, -0.2) is 0 Å². The molecule has 1 aliphatic rings. The number of benzene rings is 1. The Labute approximate surface area is 123 Å². The summed E-state index contributed by atoms with van der Waals surface area (Å²) in [6.07, 6.45) is 0. The van der Waals surface area contributed by atoms with Crippen LogP contribution >= 0.6 is 24.0 Å². The first-order chi connectivity index (χ1) is 8.58. The number of nitrogens with zero attached hydrogens (tertiary/aromatic N) is 2. The van der Waals surface area contributed by atoms with E-state index in [9.17, 15) is 10.1 Å². The summed E-state index contributed by atoms with van der Waals surface area (Å²) in [5, 5.41) is 14.7. The van der Waals surface area contributed by atoms with Crippen LogP contribution in [0, 0.1) is 10.1 Å². The van der Waals surface area contributed by atoms with Crippen LogP contribution in [0.5, 0.6) is 0 Å². The zero-order chi connectivity index (χ0) is 13.1. The molecule has 0 aliphatic carbocycles. The number of nitrogens with one attached hydrogen (secondary N) is 1. The summed E-state index contributed by atoms with van der Waals surface area (Å²) < 4.78 is 0. The molecule has 0 bridgehead atoms. The van der Waals surface area contributed by atoms with Crippen LogP contribution in [0.2, 0.25) is 5.02 Å². The highest BCUT2D eigenvalue weighted by Gasteiger charge is 2.22. The van der Waals surface area contributed by atoms with Gasteiger partial charge >= 0.3 is 0 Å². The van der Waals surface area contributed by atoms with Crippen LogP contribution in [0.1, 0.15) is 12.5 Å². The van der Waals surface area contributed by atoms with Crippen molar-refractivity contribution in [1.82, 2.24) is 10.2 Å². The SMILES string of the molecule is CC1CNCCN1Cc1ccc(Cl)cc1[N+](=O)[O-].Cl. The summed E-state index contributed by atoms with van der Waals surface area (Å²) in [4.78, 5) is 12.9. The van der Waals surface area contributed by atoms with E-state index < -0.39 is 0 Å². The Bertz CT molecular complexity index is 457. The summed E-state index contributed by atoms with van der Waals surface area (Å²) >= 11 is 5.80. The molecule has 0 amide bonds. The lowest BCUT2D eigenvalue weighted by Crippen LogP contribution is -2.49. The van der Waals surface area contributed by atoms with E-state index in [0.717, 1.165) is 25.2 Å². The molecule has 0 aromatic heterocycles. The largest absolute Gasteiger partial charge is 0.314 e. The second-order valence-electron chi connectivity index (χ2n) is 4.55. The van der Waals surface area contributed by atoms with Crippen molar-refractivity contribution in [3.8, 4) is 0 Å². The highest BCUT2D eigenvalue weighted by atomic mass is 35.5. The molecule has 0 radical (unpaired) electrons. The van der Waals surface area contributed by atoms with Crippen molar-refractivity contribution >= 4 is 29.7 Å². The summed E-state index contributed by atoms with van der Waals surface area (Å²) in [6, 6.07) is 5.25. The van der Waals surface area contributed by atoms with E-state index in [1.54, 1.807) is 12.1 Å². The maximum atomic E-state index is 11.0. The van der Waals surface area contributed by atoms with Gasteiger partial charge in [-0.3, -0.25) is 15.0 Å². The van der Waals surface area contributed by atoms with Crippen LogP contribution in [-0.2, 0) is 6.54 Å². The van der Waals surface area contributed by atoms with Gasteiger partial charge in [-0.2, -0.15) is 0 Å². The maximum Gasteiger partial charge on any atom is 0.275 e. The molecule has 2 rings (SSSR count). The fourth-order valence-electron chi connectivity index (χ4n) is 2.18. The zero-order valence-electron chi connectivity index (χ0n) is 10.6. The van der Waals surface area contributed by atoms with E-state index in [2.05, 4.69) is 17.1 Å². The number of halogens is 2. The fourth-order valence-corrected chi connectivity index (χ4v) is 2.34. The highest BCUT2D eigenvalue weighted by Crippen LogP contribution is 2.25. The van der Waals surface area contributed by atoms with Gasteiger partial charge in [0.15, 0.2) is 0 Å². The Morgan fingerprint density at radius 3 is 2.95 bits per heavy atom. The first-order valence-corrected chi connectivity index (χ1v) is 6.33. The van der Waals surface area contributed by atoms with E-state index in [1.165, 1.54) is 6.07 Å². The van der Waals surface area contributed by atoms with Crippen molar-refractivity contribution in [2.75, 3.05) is 19.6 Å². The van der Waals surface area contributed by atoms with Crippen LogP contribution in [-0.4, -0.2) is 35.5 Å². The molecule has 1 aromatic rings. The van der Waals surface area contributed by atoms with Crippen LogP contribution < -0.4 is 5.32 Å². The van der Waals surface area contributed by atoms with E-state index in [4.69, 9.17) is 11.6 Å². The van der Waals surface area contributed by atoms with E-state index in [-0.39, 0.29) is 23.0 Å². The third-order valence-corrected chi connectivity index (χ3v) is 3.49. The van der Waals surface area contributed by atoms with Crippen molar-refractivity contribution in [3.63, 3.8) is 0 Å². The van der Waals surface area contributed by atoms with Gasteiger partial charge in [-0.1, -0.05) is 11.6 Å². The Morgan fingerprint density at radius 1 is 1.58 bits per heavy atom. The molecule has 19 heavy (non-hydrogen) atoms. The van der Waals surface area contributed by atoms with Gasteiger partial charge in [0, 0.05) is 48.9 Å². The molecule has 5 nitrogen and oxygen atoms in total. The smallest absolute Gasteiger partial charge is 0.275 e. The molecule has 1 fully saturated rings. The lowest BCUT2D eigenvalue weighted by atomic mass is 10.1. The molecule has 1 unspecified atom stereocenters. The molecule has 1 N–H and O–H groups in total. The number of nitro groups is 1. The summed E-state index contributed by atoms with van der Waals surface area (Å²) in [5.41, 5.74) is 0.825. The minimum absolute atomic E-state index is 0. The molecule has 7 heteroatoms. The average molecular weight is 306 g/mol. The Morgan fingerprint density at radius 2 is 2.32 bits per heavy atom. The standard InChI is InChI=1S/C12H16ClN3O2.ClH/c1-9-7-14-4-5-15(9)8-10-2-3-11(13)6-12(10)16(17)18;/h2-3,6,9,14H,4-5,7-8H2,1H3;1H. The zero-order valence-corrected chi connectivity index (χ0v) is 12.2. The lowest BCUT2D eigenvalue weighted by molar-refractivity contribution is -0.385. The number of hydrogen-bond donors (Lipinski definition) is 1. The first kappa shape index (κ1) is 16.2. The van der Waals surface area contributed by atoms with Crippen LogP contribution in [0.25, 0.3) is 0 Å². The molecule has 1 atom stereocenters. The fraction of sp³-hybridized carbons (Fsp3) is 0.500. The average Bonchev–Trinajstić information content (AvgIpc) is 2.34. The lowest BCUT2D eigenvalue weighted by Gasteiger charge is -2.33. The summed E-state index contributed by atoms with van der Waals surface area (Å²) in [7, 11) is 0. The molecule has 0 spiro atoms. The van der Waals surface area contributed by atoms with Gasteiger partial charge in [-0.15, -0.1) is 12.4 Å². The molecular weight excluding hydrogens is 289 g/mol. The van der Waals surface area contributed by atoms with E-state index in [0.29, 0.717) is 17.6 Å². The van der Waals surface area contributed by atoms with E-state index in [1.807, 2.05) is 0 Å². The first-order valence-electron chi connectivity index (χ1n) is 5.95. The summed E-state index contributed by atoms with van der Waals surface area (Å²) in [6.45, 7) is 5.46. The highest BCUT2D eigenvalue weighted by molar-refractivity contribution is 6.30. The van der Waals surface area contributed by atoms with Gasteiger partial charge < -0.3 is 5.32 Å². The predicted octanol–water partition coefficient (Wildman–Crippen LogP) is 2.46. The van der Waals surface area contributed by atoms with Crippen molar-refractivity contribution < 1.29 is 4.92 Å². The van der Waals surface area contributed by atoms with Crippen molar-refractivity contribution in [2.24, 2.45) is 0 Å². The quantitative estimate of drug-likeness (QED) is 0.688. The van der Waals surface area contributed by atoms with Gasteiger partial charge in [0.25, 0.3) is 5.69 Å². The Kier molecular flexibility index (Phi) is 6.00. The minimum atomic E-state index is -0.367. The Balaban J connectivity index is 0.00000180. The molecule has 1 aliphatic heterocycles. The normalized spacial score (nSPS) is 19.8. The molecular formula is C12H17Cl2N3O2. The van der Waals surface area contributed by atoms with Crippen molar-refractivity contribution in [2.45, 2.75) is 19.5 Å². The third-order valence-electron chi connectivity index (χ3n) is 3.26. The minimum Gasteiger partial charge on any atom is -0.314 e. The number of hydrogen-bond acceptors (Lipinski definition) is 4.